The first kappa shape index (κ1) is 14.1. The first-order valence-electron chi connectivity index (χ1n) is 6.59. The van der Waals surface area contributed by atoms with Crippen LogP contribution in [0.25, 0.3) is 0 Å². The number of aromatic carboxylic acids is 1. The second kappa shape index (κ2) is 5.50. The second-order valence-corrected chi connectivity index (χ2v) is 5.98. The highest BCUT2D eigenvalue weighted by molar-refractivity contribution is 7.05. The Hall–Kier alpha value is -1.86. The van der Waals surface area contributed by atoms with Crippen LogP contribution in [0.1, 0.15) is 32.1 Å². The summed E-state index contributed by atoms with van der Waals surface area (Å²) in [6.45, 7) is 3.92. The third kappa shape index (κ3) is 2.79. The van der Waals surface area contributed by atoms with Crippen LogP contribution in [0, 0.1) is 12.7 Å². The van der Waals surface area contributed by atoms with E-state index in [0.717, 1.165) is 34.3 Å². The second-order valence-electron chi connectivity index (χ2n) is 5.14. The van der Waals surface area contributed by atoms with Gasteiger partial charge in [0.25, 0.3) is 0 Å². The zero-order chi connectivity index (χ0) is 15.0. The predicted molar refractivity (Wildman–Crippen MR) is 75.8 cm³/mol. The van der Waals surface area contributed by atoms with Crippen molar-refractivity contribution in [3.63, 3.8) is 0 Å². The summed E-state index contributed by atoms with van der Waals surface area (Å²) in [5.74, 6) is -1.56. The zero-order valence-electron chi connectivity index (χ0n) is 11.5. The van der Waals surface area contributed by atoms with Crippen LogP contribution in [0.15, 0.2) is 12.1 Å². The summed E-state index contributed by atoms with van der Waals surface area (Å²) >= 11 is 1.36. The fourth-order valence-electron chi connectivity index (χ4n) is 2.64. The number of carbonyl (C=O) groups is 1. The minimum atomic E-state index is -1.07. The smallest absolute Gasteiger partial charge is 0.336 e. The molecule has 0 spiro atoms. The molecule has 21 heavy (non-hydrogen) atoms. The molecule has 0 amide bonds. The van der Waals surface area contributed by atoms with Crippen molar-refractivity contribution in [1.82, 2.24) is 14.5 Å². The topological polar surface area (TPSA) is 66.3 Å². The molecule has 1 N–H and O–H groups in total. The Morgan fingerprint density at radius 1 is 1.52 bits per heavy atom. The molecule has 7 heteroatoms. The number of aryl methyl sites for hydroxylation is 1. The quantitative estimate of drug-likeness (QED) is 0.942. The highest BCUT2D eigenvalue weighted by Crippen LogP contribution is 2.26. The van der Waals surface area contributed by atoms with Crippen LogP contribution >= 0.6 is 11.5 Å². The summed E-state index contributed by atoms with van der Waals surface area (Å²) in [5.41, 5.74) is 2.50. The summed E-state index contributed by atoms with van der Waals surface area (Å²) in [6.07, 6.45) is 0.614. The number of halogens is 1. The van der Waals surface area contributed by atoms with Crippen molar-refractivity contribution in [2.24, 2.45) is 0 Å². The number of benzene rings is 1. The van der Waals surface area contributed by atoms with E-state index in [1.807, 2.05) is 6.92 Å². The highest BCUT2D eigenvalue weighted by Gasteiger charge is 2.23. The minimum absolute atomic E-state index is 0.0836. The van der Waals surface area contributed by atoms with Crippen molar-refractivity contribution in [1.29, 1.82) is 0 Å². The number of carboxylic acids is 1. The molecule has 3 rings (SSSR count). The van der Waals surface area contributed by atoms with Crippen LogP contribution in [0.4, 0.5) is 4.39 Å². The molecule has 0 saturated heterocycles. The van der Waals surface area contributed by atoms with E-state index in [0.29, 0.717) is 19.5 Å². The Labute approximate surface area is 125 Å². The van der Waals surface area contributed by atoms with Crippen molar-refractivity contribution in [3.05, 3.63) is 45.2 Å². The lowest BCUT2D eigenvalue weighted by molar-refractivity contribution is 0.0694. The van der Waals surface area contributed by atoms with Crippen LogP contribution < -0.4 is 0 Å². The number of carboxylic acid groups (broad SMARTS) is 1. The lowest BCUT2D eigenvalue weighted by Gasteiger charge is -2.29. The summed E-state index contributed by atoms with van der Waals surface area (Å²) in [5, 5.41) is 13.2. The van der Waals surface area contributed by atoms with E-state index in [1.165, 1.54) is 17.6 Å². The van der Waals surface area contributed by atoms with Crippen molar-refractivity contribution in [2.75, 3.05) is 6.54 Å². The Bertz CT molecular complexity index is 702. The maximum atomic E-state index is 13.6. The highest BCUT2D eigenvalue weighted by atomic mass is 32.1. The third-order valence-corrected chi connectivity index (χ3v) is 4.53. The van der Waals surface area contributed by atoms with Crippen molar-refractivity contribution in [3.8, 4) is 0 Å². The zero-order valence-corrected chi connectivity index (χ0v) is 12.3. The molecule has 1 aromatic carbocycles. The van der Waals surface area contributed by atoms with Crippen LogP contribution in [-0.2, 0) is 19.5 Å². The van der Waals surface area contributed by atoms with Gasteiger partial charge >= 0.3 is 5.97 Å². The van der Waals surface area contributed by atoms with Crippen LogP contribution in [-0.4, -0.2) is 32.1 Å². The molecule has 1 aliphatic heterocycles. The van der Waals surface area contributed by atoms with Gasteiger partial charge in [0, 0.05) is 19.6 Å². The van der Waals surface area contributed by atoms with Gasteiger partial charge in [-0.25, -0.2) is 9.18 Å². The van der Waals surface area contributed by atoms with Gasteiger partial charge in [-0.2, -0.15) is 0 Å². The molecule has 0 bridgehead atoms. The number of hydrogen-bond donors (Lipinski definition) is 1. The standard InChI is InChI=1S/C14H14FN3O2S/c1-8-13(21-17-16-8)7-18-3-2-11-9(6-18)4-10(15)5-12(11)14(19)20/h4-5H,2-3,6-7H2,1H3,(H,19,20). The first-order chi connectivity index (χ1) is 10.0. The first-order valence-corrected chi connectivity index (χ1v) is 7.36. The van der Waals surface area contributed by atoms with Gasteiger partial charge in [-0.05, 0) is 48.1 Å². The molecule has 1 aliphatic rings. The van der Waals surface area contributed by atoms with Gasteiger partial charge in [-0.3, -0.25) is 4.90 Å². The fourth-order valence-corrected chi connectivity index (χ4v) is 3.32. The molecular weight excluding hydrogens is 293 g/mol. The normalized spacial score (nSPS) is 15.0. The number of nitrogens with zero attached hydrogens (tertiary/aromatic N) is 3. The molecule has 2 aromatic rings. The molecule has 0 saturated carbocycles. The summed E-state index contributed by atoms with van der Waals surface area (Å²) in [4.78, 5) is 14.5. The molecule has 110 valence electrons. The van der Waals surface area contributed by atoms with Gasteiger partial charge in [0.1, 0.15) is 5.82 Å². The molecule has 1 aromatic heterocycles. The van der Waals surface area contributed by atoms with Gasteiger partial charge < -0.3 is 5.11 Å². The van der Waals surface area contributed by atoms with E-state index < -0.39 is 11.8 Å². The Balaban J connectivity index is 1.85. The molecule has 5 nitrogen and oxygen atoms in total. The lowest BCUT2D eigenvalue weighted by Crippen LogP contribution is -2.31. The molecule has 0 aliphatic carbocycles. The Kier molecular flexibility index (Phi) is 3.69. The van der Waals surface area contributed by atoms with E-state index in [2.05, 4.69) is 14.5 Å². The number of aromatic nitrogens is 2. The lowest BCUT2D eigenvalue weighted by atomic mass is 9.94. The monoisotopic (exact) mass is 307 g/mol. The van der Waals surface area contributed by atoms with Gasteiger partial charge in [0.2, 0.25) is 0 Å². The van der Waals surface area contributed by atoms with E-state index in [9.17, 15) is 14.3 Å². The van der Waals surface area contributed by atoms with Gasteiger partial charge in [-0.1, -0.05) is 4.49 Å². The molecule has 0 radical (unpaired) electrons. The number of hydrogen-bond acceptors (Lipinski definition) is 5. The average Bonchev–Trinajstić information content (AvgIpc) is 2.83. The van der Waals surface area contributed by atoms with Gasteiger partial charge in [-0.15, -0.1) is 5.10 Å². The Morgan fingerprint density at radius 2 is 2.33 bits per heavy atom. The molecular formula is C14H14FN3O2S. The van der Waals surface area contributed by atoms with Gasteiger partial charge in [0.15, 0.2) is 0 Å². The number of rotatable bonds is 3. The largest absolute Gasteiger partial charge is 0.478 e. The Morgan fingerprint density at radius 3 is 3.00 bits per heavy atom. The predicted octanol–water partition coefficient (Wildman–Crippen LogP) is 2.24. The minimum Gasteiger partial charge on any atom is -0.478 e. The summed E-state index contributed by atoms with van der Waals surface area (Å²) in [6, 6.07) is 2.54. The molecule has 0 unspecified atom stereocenters. The fraction of sp³-hybridized carbons (Fsp3) is 0.357. The summed E-state index contributed by atoms with van der Waals surface area (Å²) in [7, 11) is 0. The van der Waals surface area contributed by atoms with Crippen LogP contribution in [0.5, 0.6) is 0 Å². The number of fused-ring (bicyclic) bond motifs is 1. The van der Waals surface area contributed by atoms with E-state index in [-0.39, 0.29) is 5.56 Å². The summed E-state index contributed by atoms with van der Waals surface area (Å²) < 4.78 is 17.5. The maximum Gasteiger partial charge on any atom is 0.336 e. The maximum absolute atomic E-state index is 13.6. The van der Waals surface area contributed by atoms with Crippen LogP contribution in [0.3, 0.4) is 0 Å². The third-order valence-electron chi connectivity index (χ3n) is 3.72. The van der Waals surface area contributed by atoms with E-state index >= 15 is 0 Å². The SMILES string of the molecule is Cc1nnsc1CN1CCc2c(cc(F)cc2C(=O)O)C1. The average molecular weight is 307 g/mol. The van der Waals surface area contributed by atoms with Crippen LogP contribution in [0.2, 0.25) is 0 Å². The van der Waals surface area contributed by atoms with E-state index in [1.54, 1.807) is 0 Å². The van der Waals surface area contributed by atoms with Gasteiger partial charge in [0.05, 0.1) is 16.1 Å². The van der Waals surface area contributed by atoms with E-state index in [4.69, 9.17) is 0 Å². The van der Waals surface area contributed by atoms with Crippen molar-refractivity contribution >= 4 is 17.5 Å². The molecule has 0 atom stereocenters. The molecule has 2 heterocycles. The van der Waals surface area contributed by atoms with Crippen molar-refractivity contribution in [2.45, 2.75) is 26.4 Å². The van der Waals surface area contributed by atoms with Crippen molar-refractivity contribution < 1.29 is 14.3 Å². The molecule has 0 fully saturated rings.